The van der Waals surface area contributed by atoms with E-state index in [4.69, 9.17) is 4.74 Å². The van der Waals surface area contributed by atoms with Crippen LogP contribution in [0.1, 0.15) is 51.4 Å². The molecule has 1 saturated heterocycles. The van der Waals surface area contributed by atoms with E-state index in [0.717, 1.165) is 64.5 Å². The molecule has 0 aromatic rings. The Hall–Kier alpha value is -1.14. The molecule has 0 radical (unpaired) electrons. The van der Waals surface area contributed by atoms with Crippen LogP contribution in [0.2, 0.25) is 0 Å². The zero-order chi connectivity index (χ0) is 17.9. The number of ether oxygens (including phenoxy) is 1. The van der Waals surface area contributed by atoms with E-state index in [2.05, 4.69) is 0 Å². The molecule has 1 N–H and O–H groups in total. The normalized spacial score (nSPS) is 29.7. The third-order valence-electron chi connectivity index (χ3n) is 6.33. The molecule has 2 saturated carbocycles. The number of amides is 2. The van der Waals surface area contributed by atoms with Crippen LogP contribution >= 0.6 is 0 Å². The summed E-state index contributed by atoms with van der Waals surface area (Å²) in [6.07, 6.45) is 6.58. The van der Waals surface area contributed by atoms with Gasteiger partial charge in [-0.2, -0.15) is 0 Å². The highest BCUT2D eigenvalue weighted by atomic mass is 16.5. The first kappa shape index (κ1) is 18.6. The average molecular weight is 352 g/mol. The van der Waals surface area contributed by atoms with Crippen molar-refractivity contribution < 1.29 is 19.4 Å². The molecule has 3 fully saturated rings. The van der Waals surface area contributed by atoms with Gasteiger partial charge in [-0.05, 0) is 44.9 Å². The molecule has 142 valence electrons. The molecule has 2 aliphatic carbocycles. The van der Waals surface area contributed by atoms with Crippen molar-refractivity contribution >= 4 is 11.8 Å². The van der Waals surface area contributed by atoms with Crippen molar-refractivity contribution in [1.82, 2.24) is 9.80 Å². The standard InChI is InChI=1S/C19H32N2O4/c1-25-14-19(8-2-9-19)18(24)21-11-3-10-20(12-13-21)17(23)15-4-6-16(22)7-5-15/h15-16,22H,2-14H2,1H3. The first-order valence-corrected chi connectivity index (χ1v) is 9.81. The highest BCUT2D eigenvalue weighted by Gasteiger charge is 2.46. The van der Waals surface area contributed by atoms with Gasteiger partial charge in [-0.3, -0.25) is 9.59 Å². The minimum Gasteiger partial charge on any atom is -0.393 e. The van der Waals surface area contributed by atoms with E-state index in [1.807, 2.05) is 9.80 Å². The third kappa shape index (κ3) is 4.00. The fourth-order valence-electron chi connectivity index (χ4n) is 4.56. The summed E-state index contributed by atoms with van der Waals surface area (Å²) < 4.78 is 5.31. The molecule has 1 heterocycles. The molecular weight excluding hydrogens is 320 g/mol. The summed E-state index contributed by atoms with van der Waals surface area (Å²) in [6.45, 7) is 3.24. The van der Waals surface area contributed by atoms with Crippen LogP contribution in [-0.4, -0.2) is 72.7 Å². The molecule has 1 aliphatic heterocycles. The van der Waals surface area contributed by atoms with Crippen molar-refractivity contribution in [1.29, 1.82) is 0 Å². The van der Waals surface area contributed by atoms with Crippen molar-refractivity contribution in [3.63, 3.8) is 0 Å². The first-order valence-electron chi connectivity index (χ1n) is 9.81. The largest absolute Gasteiger partial charge is 0.393 e. The maximum Gasteiger partial charge on any atom is 0.231 e. The molecular formula is C19H32N2O4. The van der Waals surface area contributed by atoms with E-state index in [1.54, 1.807) is 7.11 Å². The fourth-order valence-corrected chi connectivity index (χ4v) is 4.56. The summed E-state index contributed by atoms with van der Waals surface area (Å²) in [6, 6.07) is 0. The third-order valence-corrected chi connectivity index (χ3v) is 6.33. The summed E-state index contributed by atoms with van der Waals surface area (Å²) in [5, 5.41) is 9.63. The quantitative estimate of drug-likeness (QED) is 0.831. The van der Waals surface area contributed by atoms with Crippen LogP contribution in [0, 0.1) is 11.3 Å². The van der Waals surface area contributed by atoms with Gasteiger partial charge in [0.15, 0.2) is 0 Å². The number of hydrogen-bond donors (Lipinski definition) is 1. The second-order valence-corrected chi connectivity index (χ2v) is 8.04. The van der Waals surface area contributed by atoms with Crippen LogP contribution in [0.4, 0.5) is 0 Å². The maximum atomic E-state index is 13.0. The summed E-state index contributed by atoms with van der Waals surface area (Å²) in [7, 11) is 1.66. The second-order valence-electron chi connectivity index (χ2n) is 8.04. The minimum absolute atomic E-state index is 0.0529. The highest BCUT2D eigenvalue weighted by molar-refractivity contribution is 5.84. The second kappa shape index (κ2) is 8.04. The minimum atomic E-state index is -0.312. The van der Waals surface area contributed by atoms with Crippen LogP contribution in [-0.2, 0) is 14.3 Å². The Balaban J connectivity index is 1.55. The van der Waals surface area contributed by atoms with Crippen LogP contribution in [0.3, 0.4) is 0 Å². The Morgan fingerprint density at radius 3 is 2.24 bits per heavy atom. The van der Waals surface area contributed by atoms with Gasteiger partial charge in [0, 0.05) is 39.2 Å². The molecule has 3 aliphatic rings. The average Bonchev–Trinajstić information content (AvgIpc) is 2.83. The molecule has 6 heteroatoms. The molecule has 0 aromatic heterocycles. The van der Waals surface area contributed by atoms with E-state index in [0.29, 0.717) is 19.7 Å². The predicted octanol–water partition coefficient (Wildman–Crippen LogP) is 1.42. The number of aliphatic hydroxyl groups is 1. The maximum absolute atomic E-state index is 13.0. The molecule has 0 bridgehead atoms. The van der Waals surface area contributed by atoms with Crippen LogP contribution in [0.15, 0.2) is 0 Å². The van der Waals surface area contributed by atoms with Gasteiger partial charge in [-0.15, -0.1) is 0 Å². The van der Waals surface area contributed by atoms with Crippen molar-refractivity contribution in [2.75, 3.05) is 39.9 Å². The van der Waals surface area contributed by atoms with Crippen LogP contribution < -0.4 is 0 Å². The monoisotopic (exact) mass is 352 g/mol. The topological polar surface area (TPSA) is 70.1 Å². The first-order chi connectivity index (χ1) is 12.1. The lowest BCUT2D eigenvalue weighted by molar-refractivity contribution is -0.152. The van der Waals surface area contributed by atoms with Gasteiger partial charge >= 0.3 is 0 Å². The Morgan fingerprint density at radius 1 is 1.00 bits per heavy atom. The number of methoxy groups -OCH3 is 1. The molecule has 2 amide bonds. The smallest absolute Gasteiger partial charge is 0.231 e. The predicted molar refractivity (Wildman–Crippen MR) is 93.9 cm³/mol. The van der Waals surface area contributed by atoms with Crippen LogP contribution in [0.25, 0.3) is 0 Å². The Labute approximate surface area is 150 Å². The lowest BCUT2D eigenvalue weighted by atomic mass is 9.68. The molecule has 0 atom stereocenters. The van der Waals surface area contributed by atoms with E-state index >= 15 is 0 Å². The van der Waals surface area contributed by atoms with Crippen LogP contribution in [0.5, 0.6) is 0 Å². The fraction of sp³-hybridized carbons (Fsp3) is 0.895. The summed E-state index contributed by atoms with van der Waals surface area (Å²) in [4.78, 5) is 29.6. The highest BCUT2D eigenvalue weighted by Crippen LogP contribution is 2.43. The van der Waals surface area contributed by atoms with E-state index < -0.39 is 0 Å². The lowest BCUT2D eigenvalue weighted by Gasteiger charge is -2.42. The van der Waals surface area contributed by atoms with E-state index in [9.17, 15) is 14.7 Å². The molecule has 25 heavy (non-hydrogen) atoms. The molecule has 0 aromatic carbocycles. The number of hydrogen-bond acceptors (Lipinski definition) is 4. The van der Waals surface area contributed by atoms with Gasteiger partial charge in [0.1, 0.15) is 0 Å². The molecule has 0 spiro atoms. The number of carbonyl (C=O) groups excluding carboxylic acids is 2. The Morgan fingerprint density at radius 2 is 1.64 bits per heavy atom. The number of nitrogens with zero attached hydrogens (tertiary/aromatic N) is 2. The lowest BCUT2D eigenvalue weighted by Crippen LogP contribution is -2.51. The molecule has 6 nitrogen and oxygen atoms in total. The summed E-state index contributed by atoms with van der Waals surface area (Å²) >= 11 is 0. The SMILES string of the molecule is COCC1(C(=O)N2CCCN(C(=O)C3CCC(O)CC3)CC2)CCC1. The number of carbonyl (C=O) groups is 2. The van der Waals surface area contributed by atoms with Gasteiger partial charge < -0.3 is 19.6 Å². The molecule has 0 unspecified atom stereocenters. The zero-order valence-corrected chi connectivity index (χ0v) is 15.4. The number of rotatable bonds is 4. The van der Waals surface area contributed by atoms with E-state index in [-0.39, 0.29) is 29.3 Å². The van der Waals surface area contributed by atoms with Gasteiger partial charge in [0.25, 0.3) is 0 Å². The Bertz CT molecular complexity index is 484. The van der Waals surface area contributed by atoms with Crippen molar-refractivity contribution in [3.05, 3.63) is 0 Å². The van der Waals surface area contributed by atoms with Gasteiger partial charge in [-0.25, -0.2) is 0 Å². The number of aliphatic hydroxyl groups excluding tert-OH is 1. The zero-order valence-electron chi connectivity index (χ0n) is 15.4. The van der Waals surface area contributed by atoms with E-state index in [1.165, 1.54) is 0 Å². The van der Waals surface area contributed by atoms with Gasteiger partial charge in [0.2, 0.25) is 11.8 Å². The van der Waals surface area contributed by atoms with Crippen molar-refractivity contribution in [2.45, 2.75) is 57.5 Å². The Kier molecular flexibility index (Phi) is 6.00. The van der Waals surface area contributed by atoms with Crippen molar-refractivity contribution in [3.8, 4) is 0 Å². The molecule has 3 rings (SSSR count). The van der Waals surface area contributed by atoms with Crippen molar-refractivity contribution in [2.24, 2.45) is 11.3 Å². The van der Waals surface area contributed by atoms with Gasteiger partial charge in [0.05, 0.1) is 18.1 Å². The van der Waals surface area contributed by atoms with Gasteiger partial charge in [-0.1, -0.05) is 6.42 Å². The summed E-state index contributed by atoms with van der Waals surface area (Å²) in [5.41, 5.74) is -0.312. The summed E-state index contributed by atoms with van der Waals surface area (Å²) in [5.74, 6) is 0.490.